The number of hydrogen-bond acceptors (Lipinski definition) is 5. The van der Waals surface area contributed by atoms with Crippen LogP contribution in [-0.4, -0.2) is 21.5 Å². The third-order valence-electron chi connectivity index (χ3n) is 5.05. The lowest BCUT2D eigenvalue weighted by molar-refractivity contribution is 0.627. The van der Waals surface area contributed by atoms with Gasteiger partial charge < -0.3 is 4.90 Å². The zero-order chi connectivity index (χ0) is 17.5. The Kier molecular flexibility index (Phi) is 3.68. The molecule has 0 spiro atoms. The van der Waals surface area contributed by atoms with Crippen molar-refractivity contribution >= 4 is 28.1 Å². The summed E-state index contributed by atoms with van der Waals surface area (Å²) in [5.74, 6) is 1.74. The molecule has 4 heterocycles. The topological polar surface area (TPSA) is 41.9 Å². The molecule has 26 heavy (non-hydrogen) atoms. The van der Waals surface area contributed by atoms with Crippen molar-refractivity contribution in [1.82, 2.24) is 15.0 Å². The number of nitrogens with zero attached hydrogens (tertiary/aromatic N) is 4. The molecule has 0 fully saturated rings. The number of fused-ring (bicyclic) bond motifs is 2. The highest BCUT2D eigenvalue weighted by molar-refractivity contribution is 7.10. The van der Waals surface area contributed by atoms with Gasteiger partial charge in [0.1, 0.15) is 5.82 Å². The predicted molar refractivity (Wildman–Crippen MR) is 107 cm³/mol. The molecule has 1 aliphatic rings. The number of benzene rings is 1. The first-order chi connectivity index (χ1) is 12.8. The normalized spacial score (nSPS) is 16.7. The number of anilines is 1. The van der Waals surface area contributed by atoms with Crippen LogP contribution in [0.4, 0.5) is 5.82 Å². The van der Waals surface area contributed by atoms with Crippen molar-refractivity contribution < 1.29 is 0 Å². The molecule has 0 saturated carbocycles. The first-order valence-electron chi connectivity index (χ1n) is 8.81. The zero-order valence-electron chi connectivity index (χ0n) is 14.5. The van der Waals surface area contributed by atoms with E-state index < -0.39 is 0 Å². The van der Waals surface area contributed by atoms with Gasteiger partial charge in [0.25, 0.3) is 0 Å². The molecule has 128 valence electrons. The fraction of sp³-hybridized carbons (Fsp3) is 0.190. The summed E-state index contributed by atoms with van der Waals surface area (Å²) in [4.78, 5) is 17.9. The Morgan fingerprint density at radius 1 is 1.08 bits per heavy atom. The number of para-hydroxylation sites is 1. The molecule has 1 aliphatic heterocycles. The van der Waals surface area contributed by atoms with Gasteiger partial charge in [-0.15, -0.1) is 11.3 Å². The fourth-order valence-electron chi connectivity index (χ4n) is 3.70. The lowest BCUT2D eigenvalue weighted by atomic mass is 10.0. The van der Waals surface area contributed by atoms with Crippen molar-refractivity contribution in [3.63, 3.8) is 0 Å². The van der Waals surface area contributed by atoms with Gasteiger partial charge in [-0.3, -0.25) is 4.98 Å². The highest BCUT2D eigenvalue weighted by Crippen LogP contribution is 2.38. The van der Waals surface area contributed by atoms with Crippen LogP contribution in [-0.2, 0) is 6.42 Å². The molecule has 1 atom stereocenters. The minimum atomic E-state index is 0.310. The van der Waals surface area contributed by atoms with Crippen molar-refractivity contribution in [3.8, 4) is 11.4 Å². The van der Waals surface area contributed by atoms with Crippen LogP contribution in [0.5, 0.6) is 0 Å². The average Bonchev–Trinajstić information content (AvgIpc) is 3.18. The maximum atomic E-state index is 4.98. The first-order valence-corrected chi connectivity index (χ1v) is 9.69. The Morgan fingerprint density at radius 2 is 2.00 bits per heavy atom. The smallest absolute Gasteiger partial charge is 0.163 e. The molecule has 3 aromatic heterocycles. The Labute approximate surface area is 156 Å². The molecule has 4 nitrogen and oxygen atoms in total. The third-order valence-corrected chi connectivity index (χ3v) is 6.05. The van der Waals surface area contributed by atoms with E-state index in [-0.39, 0.29) is 0 Å². The summed E-state index contributed by atoms with van der Waals surface area (Å²) < 4.78 is 0. The first kappa shape index (κ1) is 15.5. The van der Waals surface area contributed by atoms with Gasteiger partial charge in [0.15, 0.2) is 5.82 Å². The maximum Gasteiger partial charge on any atom is 0.163 e. The maximum absolute atomic E-state index is 4.98. The highest BCUT2D eigenvalue weighted by atomic mass is 32.1. The average molecular weight is 358 g/mol. The quantitative estimate of drug-likeness (QED) is 0.512. The minimum absolute atomic E-state index is 0.310. The molecule has 0 radical (unpaired) electrons. The molecule has 5 heteroatoms. The van der Waals surface area contributed by atoms with Crippen LogP contribution in [0.3, 0.4) is 0 Å². The summed E-state index contributed by atoms with van der Waals surface area (Å²) in [7, 11) is 0. The van der Waals surface area contributed by atoms with Crippen molar-refractivity contribution in [2.24, 2.45) is 0 Å². The number of hydrogen-bond donors (Lipinski definition) is 0. The monoisotopic (exact) mass is 358 g/mol. The van der Waals surface area contributed by atoms with E-state index in [1.165, 1.54) is 10.4 Å². The summed E-state index contributed by atoms with van der Waals surface area (Å²) in [5, 5.41) is 3.30. The molecule has 0 amide bonds. The van der Waals surface area contributed by atoms with Gasteiger partial charge in [0, 0.05) is 34.8 Å². The molecule has 0 saturated heterocycles. The second kappa shape index (κ2) is 6.18. The van der Waals surface area contributed by atoms with E-state index in [4.69, 9.17) is 9.97 Å². The Morgan fingerprint density at radius 3 is 2.88 bits per heavy atom. The van der Waals surface area contributed by atoms with E-state index in [2.05, 4.69) is 46.5 Å². The minimum Gasteiger partial charge on any atom is -0.349 e. The van der Waals surface area contributed by atoms with Crippen LogP contribution < -0.4 is 4.90 Å². The Hall–Kier alpha value is -2.79. The molecular weight excluding hydrogens is 340 g/mol. The molecule has 1 unspecified atom stereocenters. The van der Waals surface area contributed by atoms with Crippen LogP contribution in [0.25, 0.3) is 22.3 Å². The lowest BCUT2D eigenvalue weighted by Gasteiger charge is -2.35. The molecule has 1 aromatic carbocycles. The van der Waals surface area contributed by atoms with Crippen molar-refractivity contribution in [1.29, 1.82) is 0 Å². The molecule has 4 aromatic rings. The zero-order valence-corrected chi connectivity index (χ0v) is 15.3. The van der Waals surface area contributed by atoms with Crippen LogP contribution in [0.2, 0.25) is 0 Å². The van der Waals surface area contributed by atoms with Crippen LogP contribution in [0.15, 0.2) is 60.2 Å². The van der Waals surface area contributed by atoms with Crippen molar-refractivity contribution in [2.75, 3.05) is 11.4 Å². The molecule has 5 rings (SSSR count). The second-order valence-electron chi connectivity index (χ2n) is 6.55. The van der Waals surface area contributed by atoms with Gasteiger partial charge in [0.05, 0.1) is 11.6 Å². The van der Waals surface area contributed by atoms with Crippen molar-refractivity contribution in [3.05, 3.63) is 70.7 Å². The van der Waals surface area contributed by atoms with Gasteiger partial charge >= 0.3 is 0 Å². The summed E-state index contributed by atoms with van der Waals surface area (Å²) in [6.07, 6.45) is 4.67. The van der Waals surface area contributed by atoms with Gasteiger partial charge in [-0.05, 0) is 54.6 Å². The van der Waals surface area contributed by atoms with Gasteiger partial charge in [-0.2, -0.15) is 0 Å². The van der Waals surface area contributed by atoms with E-state index in [1.54, 1.807) is 6.20 Å². The summed E-state index contributed by atoms with van der Waals surface area (Å²) in [6, 6.07) is 14.8. The van der Waals surface area contributed by atoms with Crippen LogP contribution in [0.1, 0.15) is 23.4 Å². The number of pyridine rings is 1. The molecular formula is C21H18N4S. The van der Waals surface area contributed by atoms with Crippen LogP contribution >= 0.6 is 11.3 Å². The SMILES string of the molecule is CC1c2ccsc2CCN1c1nc(-c2cccnc2)nc2ccccc12. The van der Waals surface area contributed by atoms with Crippen molar-refractivity contribution in [2.45, 2.75) is 19.4 Å². The number of thiophene rings is 1. The van der Waals surface area contributed by atoms with E-state index in [0.29, 0.717) is 6.04 Å². The summed E-state index contributed by atoms with van der Waals surface area (Å²) in [6.45, 7) is 3.24. The second-order valence-corrected chi connectivity index (χ2v) is 7.55. The van der Waals surface area contributed by atoms with E-state index >= 15 is 0 Å². The third kappa shape index (κ3) is 2.47. The van der Waals surface area contributed by atoms with E-state index in [0.717, 1.165) is 41.1 Å². The Balaban J connectivity index is 1.70. The van der Waals surface area contributed by atoms with Gasteiger partial charge in [0.2, 0.25) is 0 Å². The predicted octanol–water partition coefficient (Wildman–Crippen LogP) is 4.88. The lowest BCUT2D eigenvalue weighted by Crippen LogP contribution is -2.34. The van der Waals surface area contributed by atoms with E-state index in [9.17, 15) is 0 Å². The Bertz CT molecular complexity index is 1070. The highest BCUT2D eigenvalue weighted by Gasteiger charge is 2.27. The van der Waals surface area contributed by atoms with E-state index in [1.807, 2.05) is 35.7 Å². The number of rotatable bonds is 2. The van der Waals surface area contributed by atoms with Gasteiger partial charge in [-0.25, -0.2) is 9.97 Å². The summed E-state index contributed by atoms with van der Waals surface area (Å²) >= 11 is 1.86. The molecule has 0 aliphatic carbocycles. The number of aromatic nitrogens is 3. The van der Waals surface area contributed by atoms with Crippen LogP contribution in [0, 0.1) is 0 Å². The van der Waals surface area contributed by atoms with Gasteiger partial charge in [-0.1, -0.05) is 12.1 Å². The fourth-order valence-corrected chi connectivity index (χ4v) is 4.66. The largest absolute Gasteiger partial charge is 0.349 e. The molecule has 0 N–H and O–H groups in total. The summed E-state index contributed by atoms with van der Waals surface area (Å²) in [5.41, 5.74) is 3.34. The standard InChI is InChI=1S/C21H18N4S/c1-14-16-9-12-26-19(16)8-11-25(14)21-17-6-2-3-7-18(17)23-20(24-21)15-5-4-10-22-13-15/h2-7,9-10,12-14H,8,11H2,1H3. The molecule has 0 bridgehead atoms.